The van der Waals surface area contributed by atoms with Gasteiger partial charge < -0.3 is 29.3 Å². The Hall–Kier alpha value is -0.880. The molecule has 286 valence electrons. The molecule has 13 nitrogen and oxygen atoms in total. The van der Waals surface area contributed by atoms with Crippen LogP contribution in [0.3, 0.4) is 0 Å². The second-order valence-corrected chi connectivity index (χ2v) is 16.2. The monoisotopic (exact) mass is 732 g/mol. The molecule has 0 rings (SSSR count). The van der Waals surface area contributed by atoms with Gasteiger partial charge in [-0.05, 0) is 24.7 Å². The van der Waals surface area contributed by atoms with Gasteiger partial charge in [0.25, 0.3) is 0 Å². The van der Waals surface area contributed by atoms with Crippen molar-refractivity contribution in [2.24, 2.45) is 11.8 Å². The Morgan fingerprint density at radius 1 is 0.542 bits per heavy atom. The number of hydrogen-bond acceptors (Lipinski definition) is 10. The minimum atomic E-state index is -4.85. The summed E-state index contributed by atoms with van der Waals surface area (Å²) < 4.78 is 47.4. The Labute approximate surface area is 289 Å². The Bertz CT molecular complexity index is 910. The van der Waals surface area contributed by atoms with Crippen LogP contribution in [0, 0.1) is 11.8 Å². The van der Waals surface area contributed by atoms with E-state index in [0.29, 0.717) is 18.8 Å². The lowest BCUT2D eigenvalue weighted by molar-refractivity contribution is -0.161. The molecule has 1 unspecified atom stereocenters. The standard InChI is InChI=1S/C33H66O13P2/c1-28(2)20-16-12-8-6-5-7-9-15-19-23-33(36)46-31(26-42-32(35)22-18-14-11-10-13-17-21-29(3)4)27-45-48(40,41)44-25-30(34)24-43-47(37,38)39/h28-31,34H,5-27H2,1-4H3,(H,40,41)(H2,37,38,39)/t30-,31+/m0/s1. The number of phosphoric ester groups is 2. The zero-order chi connectivity index (χ0) is 36.3. The van der Waals surface area contributed by atoms with Gasteiger partial charge in [0, 0.05) is 12.8 Å². The highest BCUT2D eigenvalue weighted by molar-refractivity contribution is 7.47. The Morgan fingerprint density at radius 3 is 1.40 bits per heavy atom. The first-order chi connectivity index (χ1) is 22.6. The summed E-state index contributed by atoms with van der Waals surface area (Å²) in [5.74, 6) is 0.425. The maximum absolute atomic E-state index is 12.5. The van der Waals surface area contributed by atoms with Gasteiger partial charge in [0.05, 0.1) is 19.8 Å². The molecule has 0 aliphatic heterocycles. The number of esters is 2. The van der Waals surface area contributed by atoms with Gasteiger partial charge >= 0.3 is 27.6 Å². The summed E-state index contributed by atoms with van der Waals surface area (Å²) in [7, 11) is -9.64. The van der Waals surface area contributed by atoms with Crippen LogP contribution in [-0.2, 0) is 41.8 Å². The van der Waals surface area contributed by atoms with Crippen molar-refractivity contribution in [1.82, 2.24) is 0 Å². The number of aliphatic hydroxyl groups excluding tert-OH is 1. The van der Waals surface area contributed by atoms with Gasteiger partial charge in [-0.25, -0.2) is 9.13 Å². The zero-order valence-corrected chi connectivity index (χ0v) is 31.7. The van der Waals surface area contributed by atoms with Gasteiger partial charge in [-0.15, -0.1) is 0 Å². The lowest BCUT2D eigenvalue weighted by Gasteiger charge is -2.20. The van der Waals surface area contributed by atoms with E-state index < -0.39 is 59.6 Å². The fraction of sp³-hybridized carbons (Fsp3) is 0.939. The Morgan fingerprint density at radius 2 is 0.938 bits per heavy atom. The molecule has 0 aliphatic rings. The van der Waals surface area contributed by atoms with E-state index in [-0.39, 0.29) is 19.4 Å². The van der Waals surface area contributed by atoms with Crippen molar-refractivity contribution in [3.63, 3.8) is 0 Å². The highest BCUT2D eigenvalue weighted by Gasteiger charge is 2.28. The largest absolute Gasteiger partial charge is 0.472 e. The molecule has 0 radical (unpaired) electrons. The first-order valence-electron chi connectivity index (χ1n) is 17.9. The van der Waals surface area contributed by atoms with Gasteiger partial charge in [0.2, 0.25) is 0 Å². The summed E-state index contributed by atoms with van der Waals surface area (Å²) in [6, 6.07) is 0. The van der Waals surface area contributed by atoms with Crippen molar-refractivity contribution in [3.05, 3.63) is 0 Å². The van der Waals surface area contributed by atoms with E-state index in [0.717, 1.165) is 44.4 Å². The van der Waals surface area contributed by atoms with Crippen LogP contribution in [0.1, 0.15) is 150 Å². The highest BCUT2D eigenvalue weighted by atomic mass is 31.2. The molecule has 0 aromatic heterocycles. The summed E-state index contributed by atoms with van der Waals surface area (Å²) >= 11 is 0. The molecular formula is C33H66O13P2. The van der Waals surface area contributed by atoms with Crippen LogP contribution < -0.4 is 0 Å². The second kappa shape index (κ2) is 28.8. The number of rotatable bonds is 33. The Balaban J connectivity index is 4.61. The summed E-state index contributed by atoms with van der Waals surface area (Å²) in [6.45, 7) is 6.22. The SMILES string of the molecule is CC(C)CCCCCCCCCCCC(=O)O[C@H](COC(=O)CCCCCCCCC(C)C)COP(=O)(O)OC[C@@H](O)COP(=O)(O)O. The van der Waals surface area contributed by atoms with E-state index in [1.54, 1.807) is 0 Å². The molecule has 0 aliphatic carbocycles. The lowest BCUT2D eigenvalue weighted by Crippen LogP contribution is -2.30. The lowest BCUT2D eigenvalue weighted by atomic mass is 10.0. The molecule has 48 heavy (non-hydrogen) atoms. The molecule has 0 saturated carbocycles. The molecule has 0 aromatic carbocycles. The minimum absolute atomic E-state index is 0.135. The molecule has 15 heteroatoms. The van der Waals surface area contributed by atoms with Crippen molar-refractivity contribution in [2.75, 3.05) is 26.4 Å². The van der Waals surface area contributed by atoms with Gasteiger partial charge in [0.1, 0.15) is 12.7 Å². The van der Waals surface area contributed by atoms with Gasteiger partial charge in [-0.1, -0.05) is 124 Å². The third-order valence-electron chi connectivity index (χ3n) is 7.59. The number of phosphoric acid groups is 2. The number of aliphatic hydroxyl groups is 1. The predicted molar refractivity (Wildman–Crippen MR) is 184 cm³/mol. The van der Waals surface area contributed by atoms with Crippen molar-refractivity contribution >= 4 is 27.6 Å². The number of unbranched alkanes of at least 4 members (excludes halogenated alkanes) is 13. The summed E-state index contributed by atoms with van der Waals surface area (Å²) in [5.41, 5.74) is 0. The average molecular weight is 733 g/mol. The van der Waals surface area contributed by atoms with E-state index in [1.165, 1.54) is 57.8 Å². The number of carbonyl (C=O) groups excluding carboxylic acids is 2. The van der Waals surface area contributed by atoms with Crippen molar-refractivity contribution in [2.45, 2.75) is 162 Å². The third-order valence-corrected chi connectivity index (χ3v) is 9.03. The van der Waals surface area contributed by atoms with Gasteiger partial charge in [0.15, 0.2) is 6.10 Å². The minimum Gasteiger partial charge on any atom is -0.462 e. The second-order valence-electron chi connectivity index (χ2n) is 13.5. The van der Waals surface area contributed by atoms with E-state index >= 15 is 0 Å². The zero-order valence-electron chi connectivity index (χ0n) is 29.9. The third kappa shape index (κ3) is 33.6. The molecule has 0 amide bonds. The molecule has 0 saturated heterocycles. The first kappa shape index (κ1) is 47.1. The van der Waals surface area contributed by atoms with Crippen LogP contribution in [0.25, 0.3) is 0 Å². The van der Waals surface area contributed by atoms with E-state index in [9.17, 15) is 28.7 Å². The summed E-state index contributed by atoms with van der Waals surface area (Å²) in [6.07, 6.45) is 15.9. The van der Waals surface area contributed by atoms with Gasteiger partial charge in [-0.3, -0.25) is 23.2 Å². The fourth-order valence-electron chi connectivity index (χ4n) is 4.83. The average Bonchev–Trinajstić information content (AvgIpc) is 2.99. The Kier molecular flexibility index (Phi) is 28.2. The van der Waals surface area contributed by atoms with Crippen molar-refractivity contribution in [1.29, 1.82) is 0 Å². The van der Waals surface area contributed by atoms with Crippen LogP contribution in [0.15, 0.2) is 0 Å². The smallest absolute Gasteiger partial charge is 0.462 e. The molecule has 0 fully saturated rings. The molecule has 0 heterocycles. The van der Waals surface area contributed by atoms with E-state index in [4.69, 9.17) is 23.8 Å². The molecular weight excluding hydrogens is 666 g/mol. The van der Waals surface area contributed by atoms with Crippen molar-refractivity contribution in [3.8, 4) is 0 Å². The maximum atomic E-state index is 12.5. The van der Waals surface area contributed by atoms with Gasteiger partial charge in [-0.2, -0.15) is 0 Å². The van der Waals surface area contributed by atoms with Crippen LogP contribution in [-0.4, -0.2) is 70.4 Å². The van der Waals surface area contributed by atoms with E-state index in [1.807, 2.05) is 0 Å². The normalized spacial score (nSPS) is 14.6. The topological polar surface area (TPSA) is 195 Å². The molecule has 0 aromatic rings. The summed E-state index contributed by atoms with van der Waals surface area (Å²) in [4.78, 5) is 52.2. The van der Waals surface area contributed by atoms with Crippen LogP contribution in [0.4, 0.5) is 0 Å². The maximum Gasteiger partial charge on any atom is 0.472 e. The van der Waals surface area contributed by atoms with Crippen LogP contribution in [0.2, 0.25) is 0 Å². The molecule has 0 spiro atoms. The number of carbonyl (C=O) groups is 2. The molecule has 4 N–H and O–H groups in total. The highest BCUT2D eigenvalue weighted by Crippen LogP contribution is 2.43. The number of ether oxygens (including phenoxy) is 2. The van der Waals surface area contributed by atoms with Crippen molar-refractivity contribution < 1.29 is 61.6 Å². The summed E-state index contributed by atoms with van der Waals surface area (Å²) in [5, 5.41) is 9.68. The predicted octanol–water partition coefficient (Wildman–Crippen LogP) is 7.77. The van der Waals surface area contributed by atoms with Crippen LogP contribution in [0.5, 0.6) is 0 Å². The quantitative estimate of drug-likeness (QED) is 0.0290. The molecule has 0 bridgehead atoms. The first-order valence-corrected chi connectivity index (χ1v) is 21.0. The van der Waals surface area contributed by atoms with E-state index in [2.05, 4.69) is 36.7 Å². The molecule has 3 atom stereocenters. The van der Waals surface area contributed by atoms with Crippen LogP contribution >= 0.6 is 15.6 Å². The fourth-order valence-corrected chi connectivity index (χ4v) is 5.99. The number of hydrogen-bond donors (Lipinski definition) is 4.